The molecule has 3 N–H and O–H groups in total. The van der Waals surface area contributed by atoms with Crippen LogP contribution in [0, 0.1) is 0 Å². The van der Waals surface area contributed by atoms with Crippen molar-refractivity contribution < 1.29 is 24.5 Å². The average Bonchev–Trinajstić information content (AvgIpc) is 2.34. The lowest BCUT2D eigenvalue weighted by atomic mass is 10.0. The Labute approximate surface area is 113 Å². The summed E-state index contributed by atoms with van der Waals surface area (Å²) in [7, 11) is 0. The van der Waals surface area contributed by atoms with Crippen LogP contribution >= 0.6 is 0 Å². The quantitative estimate of drug-likeness (QED) is 0.634. The molecule has 0 aliphatic carbocycles. The van der Waals surface area contributed by atoms with Gasteiger partial charge in [0.2, 0.25) is 5.91 Å². The Kier molecular flexibility index (Phi) is 6.24. The third kappa shape index (κ3) is 7.12. The lowest BCUT2D eigenvalue weighted by Crippen LogP contribution is -2.42. The first-order valence-electron chi connectivity index (χ1n) is 6.71. The smallest absolute Gasteiger partial charge is 0.306 e. The van der Waals surface area contributed by atoms with E-state index in [1.54, 1.807) is 0 Å². The number of amides is 1. The number of aliphatic carboxylic acids is 1. The maximum absolute atomic E-state index is 11.6. The van der Waals surface area contributed by atoms with Gasteiger partial charge in [0.1, 0.15) is 0 Å². The van der Waals surface area contributed by atoms with Crippen LogP contribution in [-0.4, -0.2) is 46.9 Å². The summed E-state index contributed by atoms with van der Waals surface area (Å²) in [5, 5.41) is 20.9. The van der Waals surface area contributed by atoms with Gasteiger partial charge in [-0.15, -0.1) is 0 Å². The fraction of sp³-hybridized carbons (Fsp3) is 0.846. The molecule has 6 nitrogen and oxygen atoms in total. The molecule has 6 heteroatoms. The predicted molar refractivity (Wildman–Crippen MR) is 68.7 cm³/mol. The lowest BCUT2D eigenvalue weighted by molar-refractivity contribution is -0.142. The largest absolute Gasteiger partial charge is 0.481 e. The molecular formula is C13H23NO5. The molecule has 0 aromatic rings. The van der Waals surface area contributed by atoms with Gasteiger partial charge < -0.3 is 20.3 Å². The summed E-state index contributed by atoms with van der Waals surface area (Å²) in [6, 6.07) is 0. The number of hydrogen-bond donors (Lipinski definition) is 3. The molecule has 1 rings (SSSR count). The number of hydrogen-bond acceptors (Lipinski definition) is 4. The third-order valence-electron chi connectivity index (χ3n) is 3.17. The number of ether oxygens (including phenoxy) is 1. The SMILES string of the molecule is CC(O)(CNC(=O)CCC1CCCCO1)CC(=O)O. The van der Waals surface area contributed by atoms with Crippen molar-refractivity contribution in [2.24, 2.45) is 0 Å². The van der Waals surface area contributed by atoms with Gasteiger partial charge >= 0.3 is 5.97 Å². The second kappa shape index (κ2) is 7.45. The van der Waals surface area contributed by atoms with Crippen molar-refractivity contribution in [1.29, 1.82) is 0 Å². The highest BCUT2D eigenvalue weighted by Gasteiger charge is 2.25. The molecule has 1 aliphatic heterocycles. The number of carbonyl (C=O) groups excluding carboxylic acids is 1. The Hall–Kier alpha value is -1.14. The molecule has 0 radical (unpaired) electrons. The van der Waals surface area contributed by atoms with Gasteiger partial charge in [-0.2, -0.15) is 0 Å². The molecule has 0 saturated carbocycles. The molecule has 0 aromatic heterocycles. The minimum atomic E-state index is -1.41. The van der Waals surface area contributed by atoms with Crippen LogP contribution in [0.3, 0.4) is 0 Å². The molecular weight excluding hydrogens is 250 g/mol. The summed E-state index contributed by atoms with van der Waals surface area (Å²) >= 11 is 0. The fourth-order valence-corrected chi connectivity index (χ4v) is 2.09. The summed E-state index contributed by atoms with van der Waals surface area (Å²) in [4.78, 5) is 22.1. The molecule has 1 fully saturated rings. The Balaban J connectivity index is 2.18. The van der Waals surface area contributed by atoms with E-state index < -0.39 is 11.6 Å². The van der Waals surface area contributed by atoms with Gasteiger partial charge in [-0.1, -0.05) is 0 Å². The minimum Gasteiger partial charge on any atom is -0.481 e. The Morgan fingerprint density at radius 3 is 2.74 bits per heavy atom. The van der Waals surface area contributed by atoms with Crippen molar-refractivity contribution in [3.63, 3.8) is 0 Å². The zero-order chi connectivity index (χ0) is 14.3. The molecule has 0 spiro atoms. The Morgan fingerprint density at radius 1 is 1.42 bits per heavy atom. The second-order valence-electron chi connectivity index (χ2n) is 5.37. The van der Waals surface area contributed by atoms with E-state index in [0.29, 0.717) is 12.8 Å². The van der Waals surface area contributed by atoms with E-state index in [1.807, 2.05) is 0 Å². The van der Waals surface area contributed by atoms with Crippen molar-refractivity contribution in [3.05, 3.63) is 0 Å². The summed E-state index contributed by atoms with van der Waals surface area (Å²) in [5.41, 5.74) is -1.41. The van der Waals surface area contributed by atoms with Crippen LogP contribution in [0.5, 0.6) is 0 Å². The van der Waals surface area contributed by atoms with Gasteiger partial charge in [0.05, 0.1) is 18.1 Å². The fourth-order valence-electron chi connectivity index (χ4n) is 2.09. The molecule has 110 valence electrons. The van der Waals surface area contributed by atoms with E-state index in [-0.39, 0.29) is 25.0 Å². The zero-order valence-corrected chi connectivity index (χ0v) is 11.4. The number of aliphatic hydroxyl groups is 1. The van der Waals surface area contributed by atoms with Gasteiger partial charge in [-0.25, -0.2) is 0 Å². The molecule has 1 amide bonds. The maximum atomic E-state index is 11.6. The number of carboxylic acid groups (broad SMARTS) is 1. The van der Waals surface area contributed by atoms with Crippen molar-refractivity contribution in [3.8, 4) is 0 Å². The topological polar surface area (TPSA) is 95.9 Å². The van der Waals surface area contributed by atoms with Gasteiger partial charge in [0, 0.05) is 19.6 Å². The highest BCUT2D eigenvalue weighted by atomic mass is 16.5. The van der Waals surface area contributed by atoms with Crippen LogP contribution in [0.1, 0.15) is 45.4 Å². The molecule has 1 heterocycles. The Morgan fingerprint density at radius 2 is 2.16 bits per heavy atom. The summed E-state index contributed by atoms with van der Waals surface area (Å²) < 4.78 is 5.52. The van der Waals surface area contributed by atoms with E-state index in [2.05, 4.69) is 5.32 Å². The van der Waals surface area contributed by atoms with E-state index in [4.69, 9.17) is 9.84 Å². The van der Waals surface area contributed by atoms with E-state index >= 15 is 0 Å². The molecule has 2 atom stereocenters. The van der Waals surface area contributed by atoms with Crippen molar-refractivity contribution in [1.82, 2.24) is 5.32 Å². The normalized spacial score (nSPS) is 22.5. The third-order valence-corrected chi connectivity index (χ3v) is 3.17. The van der Waals surface area contributed by atoms with Crippen LogP contribution < -0.4 is 5.32 Å². The monoisotopic (exact) mass is 273 g/mol. The van der Waals surface area contributed by atoms with Crippen LogP contribution in [0.2, 0.25) is 0 Å². The molecule has 1 aliphatic rings. The summed E-state index contributed by atoms with van der Waals surface area (Å²) in [6.45, 7) is 2.11. The standard InChI is InChI=1S/C13H23NO5/c1-13(18,8-12(16)17)9-14-11(15)6-5-10-4-2-3-7-19-10/h10,18H,2-9H2,1H3,(H,14,15)(H,16,17). The molecule has 2 unspecified atom stereocenters. The molecule has 19 heavy (non-hydrogen) atoms. The van der Waals surface area contributed by atoms with Crippen LogP contribution in [-0.2, 0) is 14.3 Å². The minimum absolute atomic E-state index is 0.0519. The molecule has 0 aromatic carbocycles. The highest BCUT2D eigenvalue weighted by Crippen LogP contribution is 2.16. The number of carbonyl (C=O) groups is 2. The zero-order valence-electron chi connectivity index (χ0n) is 11.4. The van der Waals surface area contributed by atoms with Gasteiger partial charge in [-0.3, -0.25) is 9.59 Å². The first-order chi connectivity index (χ1) is 8.89. The average molecular weight is 273 g/mol. The maximum Gasteiger partial charge on any atom is 0.306 e. The molecule has 0 bridgehead atoms. The molecule has 1 saturated heterocycles. The summed E-state index contributed by atoms with van der Waals surface area (Å²) in [5.74, 6) is -1.27. The van der Waals surface area contributed by atoms with Crippen molar-refractivity contribution >= 4 is 11.9 Å². The lowest BCUT2D eigenvalue weighted by Gasteiger charge is -2.23. The van der Waals surface area contributed by atoms with Crippen LogP contribution in [0.25, 0.3) is 0 Å². The predicted octanol–water partition coefficient (Wildman–Crippen LogP) is 0.678. The first kappa shape index (κ1) is 15.9. The van der Waals surface area contributed by atoms with Crippen molar-refractivity contribution in [2.75, 3.05) is 13.2 Å². The van der Waals surface area contributed by atoms with E-state index in [0.717, 1.165) is 25.9 Å². The highest BCUT2D eigenvalue weighted by molar-refractivity contribution is 5.76. The second-order valence-corrected chi connectivity index (χ2v) is 5.37. The van der Waals surface area contributed by atoms with E-state index in [9.17, 15) is 14.7 Å². The van der Waals surface area contributed by atoms with Gasteiger partial charge in [0.15, 0.2) is 0 Å². The summed E-state index contributed by atoms with van der Waals surface area (Å²) in [6.07, 6.45) is 3.99. The van der Waals surface area contributed by atoms with Gasteiger partial charge in [-0.05, 0) is 32.6 Å². The number of carboxylic acids is 1. The van der Waals surface area contributed by atoms with Crippen LogP contribution in [0.15, 0.2) is 0 Å². The van der Waals surface area contributed by atoms with Crippen molar-refractivity contribution in [2.45, 2.75) is 57.2 Å². The number of nitrogens with one attached hydrogen (secondary N) is 1. The van der Waals surface area contributed by atoms with Gasteiger partial charge in [0.25, 0.3) is 0 Å². The first-order valence-corrected chi connectivity index (χ1v) is 6.71. The van der Waals surface area contributed by atoms with Crippen LogP contribution in [0.4, 0.5) is 0 Å². The Bertz CT molecular complexity index is 310. The van der Waals surface area contributed by atoms with E-state index in [1.165, 1.54) is 6.92 Å². The number of rotatable bonds is 7.